The molecule has 5 heteroatoms. The topological polar surface area (TPSA) is 69.4 Å². The van der Waals surface area contributed by atoms with Crippen LogP contribution in [0.1, 0.15) is 46.5 Å². The number of piperidine rings is 1. The number of nitrogens with two attached hydrogens (primary N) is 1. The van der Waals surface area contributed by atoms with E-state index in [0.29, 0.717) is 6.54 Å². The summed E-state index contributed by atoms with van der Waals surface area (Å²) in [7, 11) is 0. The molecular formula is C13H25N2O3+. The zero-order chi connectivity index (χ0) is 13.8. The summed E-state index contributed by atoms with van der Waals surface area (Å²) in [4.78, 5) is 23.3. The standard InChI is InChI=1S/C13H24N2O3/c1-13(2,3)18-12(17)15(10-7-11(14)16)8-5-4-6-9-15/h4-10H2,1-3H3,(H-,14,16)/p+1. The van der Waals surface area contributed by atoms with Gasteiger partial charge in [-0.1, -0.05) is 0 Å². The van der Waals surface area contributed by atoms with Gasteiger partial charge in [0, 0.05) is 0 Å². The van der Waals surface area contributed by atoms with Gasteiger partial charge in [0.25, 0.3) is 0 Å². The van der Waals surface area contributed by atoms with E-state index in [9.17, 15) is 9.59 Å². The van der Waals surface area contributed by atoms with E-state index in [2.05, 4.69) is 0 Å². The molecule has 1 saturated heterocycles. The Morgan fingerprint density at radius 3 is 2.17 bits per heavy atom. The molecular weight excluding hydrogens is 232 g/mol. The highest BCUT2D eigenvalue weighted by molar-refractivity contribution is 5.74. The monoisotopic (exact) mass is 257 g/mol. The lowest BCUT2D eigenvalue weighted by atomic mass is 10.1. The fourth-order valence-electron chi connectivity index (χ4n) is 2.30. The summed E-state index contributed by atoms with van der Waals surface area (Å²) in [5.41, 5.74) is 4.70. The first-order valence-corrected chi connectivity index (χ1v) is 6.63. The predicted octanol–water partition coefficient (Wildman–Crippen LogP) is 1.80. The Morgan fingerprint density at radius 1 is 1.17 bits per heavy atom. The molecule has 0 saturated carbocycles. The van der Waals surface area contributed by atoms with Gasteiger partial charge in [0.2, 0.25) is 5.91 Å². The van der Waals surface area contributed by atoms with Crippen LogP contribution in [0.2, 0.25) is 0 Å². The molecule has 1 rings (SSSR count). The average Bonchev–Trinajstić information content (AvgIpc) is 2.25. The van der Waals surface area contributed by atoms with Gasteiger partial charge in [0.05, 0.1) is 26.1 Å². The highest BCUT2D eigenvalue weighted by Crippen LogP contribution is 2.23. The Labute approximate surface area is 109 Å². The highest BCUT2D eigenvalue weighted by Gasteiger charge is 2.41. The maximum absolute atomic E-state index is 12.3. The van der Waals surface area contributed by atoms with Crippen LogP contribution in [0.25, 0.3) is 0 Å². The van der Waals surface area contributed by atoms with Gasteiger partial charge in [-0.2, -0.15) is 4.79 Å². The van der Waals surface area contributed by atoms with Gasteiger partial charge in [0.1, 0.15) is 5.60 Å². The number of carbonyl (C=O) groups is 2. The lowest BCUT2D eigenvalue weighted by Gasteiger charge is -2.38. The summed E-state index contributed by atoms with van der Waals surface area (Å²) in [6.45, 7) is 7.55. The first kappa shape index (κ1) is 15.0. The Hall–Kier alpha value is -1.10. The van der Waals surface area contributed by atoms with Crippen molar-refractivity contribution >= 4 is 12.0 Å². The molecule has 0 aromatic heterocycles. The van der Waals surface area contributed by atoms with Crippen molar-refractivity contribution in [2.45, 2.75) is 52.1 Å². The van der Waals surface area contributed by atoms with Crippen LogP contribution in [0.5, 0.6) is 0 Å². The Bertz CT molecular complexity index is 315. The van der Waals surface area contributed by atoms with Crippen molar-refractivity contribution in [2.75, 3.05) is 19.6 Å². The van der Waals surface area contributed by atoms with Crippen LogP contribution in [0.3, 0.4) is 0 Å². The number of likely N-dealkylation sites (tertiary alicyclic amines) is 1. The van der Waals surface area contributed by atoms with Gasteiger partial charge < -0.3 is 10.5 Å². The van der Waals surface area contributed by atoms with E-state index in [0.717, 1.165) is 32.4 Å². The molecule has 0 radical (unpaired) electrons. The molecule has 0 atom stereocenters. The number of nitrogens with zero attached hydrogens (tertiary/aromatic N) is 1. The molecule has 0 aromatic rings. The second kappa shape index (κ2) is 5.69. The first-order chi connectivity index (χ1) is 8.25. The molecule has 0 bridgehead atoms. The van der Waals surface area contributed by atoms with Crippen molar-refractivity contribution in [1.82, 2.24) is 0 Å². The molecule has 1 heterocycles. The summed E-state index contributed by atoms with van der Waals surface area (Å²) in [5, 5.41) is 0. The van der Waals surface area contributed by atoms with Gasteiger partial charge in [-0.05, 0) is 40.0 Å². The van der Waals surface area contributed by atoms with Gasteiger partial charge in [-0.15, -0.1) is 0 Å². The Balaban J connectivity index is 2.76. The number of hydrogen-bond donors (Lipinski definition) is 1. The van der Waals surface area contributed by atoms with Crippen LogP contribution in [-0.2, 0) is 9.53 Å². The zero-order valence-electron chi connectivity index (χ0n) is 11.7. The van der Waals surface area contributed by atoms with E-state index >= 15 is 0 Å². The number of carbonyl (C=O) groups excluding carboxylic acids is 2. The van der Waals surface area contributed by atoms with Gasteiger partial charge in [0.15, 0.2) is 0 Å². The lowest BCUT2D eigenvalue weighted by Crippen LogP contribution is -2.58. The SMILES string of the molecule is CC(C)(C)OC(=O)[N+]1(CCC(N)=O)CCCCC1. The molecule has 2 N–H and O–H groups in total. The number of quaternary nitrogens is 1. The van der Waals surface area contributed by atoms with E-state index in [4.69, 9.17) is 10.5 Å². The predicted molar refractivity (Wildman–Crippen MR) is 68.8 cm³/mol. The molecule has 2 amide bonds. The molecule has 0 unspecified atom stereocenters. The summed E-state index contributed by atoms with van der Waals surface area (Å²) in [6.07, 6.45) is 3.15. The molecule has 18 heavy (non-hydrogen) atoms. The summed E-state index contributed by atoms with van der Waals surface area (Å²) in [6, 6.07) is 0. The van der Waals surface area contributed by atoms with Crippen LogP contribution in [0.15, 0.2) is 0 Å². The second-order valence-electron chi connectivity index (χ2n) is 6.07. The van der Waals surface area contributed by atoms with Crippen molar-refractivity contribution in [3.05, 3.63) is 0 Å². The average molecular weight is 257 g/mol. The van der Waals surface area contributed by atoms with Crippen LogP contribution < -0.4 is 5.73 Å². The number of rotatable bonds is 3. The second-order valence-corrected chi connectivity index (χ2v) is 6.07. The van der Waals surface area contributed by atoms with Crippen molar-refractivity contribution < 1.29 is 18.8 Å². The van der Waals surface area contributed by atoms with Crippen molar-refractivity contribution in [3.8, 4) is 0 Å². The van der Waals surface area contributed by atoms with E-state index in [-0.39, 0.29) is 22.9 Å². The minimum absolute atomic E-state index is 0.219. The number of primary amides is 1. The van der Waals surface area contributed by atoms with E-state index < -0.39 is 5.60 Å². The molecule has 0 spiro atoms. The number of ether oxygens (including phenoxy) is 1. The van der Waals surface area contributed by atoms with E-state index in [1.165, 1.54) is 0 Å². The van der Waals surface area contributed by atoms with Gasteiger partial charge in [-0.25, -0.2) is 4.48 Å². The van der Waals surface area contributed by atoms with Gasteiger partial charge >= 0.3 is 6.09 Å². The van der Waals surface area contributed by atoms with E-state index in [1.807, 2.05) is 20.8 Å². The third-order valence-corrected chi connectivity index (χ3v) is 3.24. The Morgan fingerprint density at radius 2 is 1.72 bits per heavy atom. The molecule has 0 aromatic carbocycles. The van der Waals surface area contributed by atoms with Crippen LogP contribution >= 0.6 is 0 Å². The first-order valence-electron chi connectivity index (χ1n) is 6.63. The molecule has 5 nitrogen and oxygen atoms in total. The maximum Gasteiger partial charge on any atom is 0.516 e. The van der Waals surface area contributed by atoms with Crippen LogP contribution in [0.4, 0.5) is 4.79 Å². The molecule has 1 fully saturated rings. The third kappa shape index (κ3) is 4.29. The molecule has 0 aliphatic carbocycles. The molecule has 104 valence electrons. The molecule has 1 aliphatic heterocycles. The molecule has 1 aliphatic rings. The quantitative estimate of drug-likeness (QED) is 0.784. The minimum atomic E-state index is -0.494. The summed E-state index contributed by atoms with van der Waals surface area (Å²) >= 11 is 0. The normalized spacial score (nSPS) is 19.3. The van der Waals surface area contributed by atoms with Crippen molar-refractivity contribution in [1.29, 1.82) is 0 Å². The van der Waals surface area contributed by atoms with Gasteiger partial charge in [-0.3, -0.25) is 4.79 Å². The smallest absolute Gasteiger partial charge is 0.414 e. The van der Waals surface area contributed by atoms with Crippen LogP contribution in [-0.4, -0.2) is 41.7 Å². The summed E-state index contributed by atoms with van der Waals surface area (Å²) < 4.78 is 5.74. The summed E-state index contributed by atoms with van der Waals surface area (Å²) in [5.74, 6) is -0.360. The highest BCUT2D eigenvalue weighted by atomic mass is 16.6. The zero-order valence-corrected chi connectivity index (χ0v) is 11.7. The van der Waals surface area contributed by atoms with Crippen LogP contribution in [0, 0.1) is 0 Å². The lowest BCUT2D eigenvalue weighted by molar-refractivity contribution is -0.863. The van der Waals surface area contributed by atoms with Crippen molar-refractivity contribution in [3.63, 3.8) is 0 Å². The third-order valence-electron chi connectivity index (χ3n) is 3.24. The van der Waals surface area contributed by atoms with E-state index in [1.54, 1.807) is 0 Å². The maximum atomic E-state index is 12.3. The largest absolute Gasteiger partial charge is 0.516 e. The van der Waals surface area contributed by atoms with Crippen molar-refractivity contribution in [2.24, 2.45) is 5.73 Å². The fraction of sp³-hybridized carbons (Fsp3) is 0.846. The minimum Gasteiger partial charge on any atom is -0.414 e. The fourth-order valence-corrected chi connectivity index (χ4v) is 2.30. The number of amides is 2. The Kier molecular flexibility index (Phi) is 4.73. The number of hydrogen-bond acceptors (Lipinski definition) is 3.